The van der Waals surface area contributed by atoms with Crippen LogP contribution in [0.3, 0.4) is 0 Å². The first-order valence-corrected chi connectivity index (χ1v) is 3.63. The van der Waals surface area contributed by atoms with Gasteiger partial charge in [-0.1, -0.05) is 0 Å². The van der Waals surface area contributed by atoms with E-state index in [1.807, 2.05) is 0 Å². The van der Waals surface area contributed by atoms with Crippen molar-refractivity contribution in [3.05, 3.63) is 24.0 Å². The molecule has 0 heterocycles. The lowest BCUT2D eigenvalue weighted by atomic mass is 10.3. The van der Waals surface area contributed by atoms with Crippen molar-refractivity contribution in [2.24, 2.45) is 0 Å². The molecule has 1 rings (SSSR count). The van der Waals surface area contributed by atoms with Gasteiger partial charge in [0.05, 0.1) is 0 Å². The Kier molecular flexibility index (Phi) is 4.67. The minimum atomic E-state index is -4.48. The van der Waals surface area contributed by atoms with Gasteiger partial charge in [-0.25, -0.2) is 4.39 Å². The molecule has 0 bridgehead atoms. The molecule has 0 aliphatic rings. The molecule has 0 radical (unpaired) electrons. The van der Waals surface area contributed by atoms with Crippen LogP contribution in [-0.4, -0.2) is 12.8 Å². The lowest BCUT2D eigenvalue weighted by Gasteiger charge is -2.09. The highest BCUT2D eigenvalue weighted by Gasteiger charge is 2.28. The molecule has 2 nitrogen and oxygen atoms in total. The van der Waals surface area contributed by atoms with Crippen LogP contribution in [-0.2, 0) is 0 Å². The van der Waals surface area contributed by atoms with E-state index in [1.54, 1.807) is 0 Å². The first kappa shape index (κ1) is 13.8. The Morgan fingerprint density at radius 3 is 2.33 bits per heavy atom. The van der Waals surface area contributed by atoms with Crippen molar-refractivity contribution in [1.82, 2.24) is 0 Å². The highest BCUT2D eigenvalue weighted by atomic mass is 35.5. The number of rotatable bonds is 2. The topological polar surface area (TPSA) is 35.2 Å². The summed E-state index contributed by atoms with van der Waals surface area (Å²) in [4.78, 5) is 0. The molecule has 2 N–H and O–H groups in total. The Balaban J connectivity index is 0.00000196. The smallest absolute Gasteiger partial charge is 0.422 e. The molecular formula is C8H8ClF4NO. The maximum absolute atomic E-state index is 12.9. The first-order valence-electron chi connectivity index (χ1n) is 3.63. The van der Waals surface area contributed by atoms with Gasteiger partial charge in [0.1, 0.15) is 0 Å². The van der Waals surface area contributed by atoms with Gasteiger partial charge >= 0.3 is 6.18 Å². The van der Waals surface area contributed by atoms with Gasteiger partial charge < -0.3 is 10.5 Å². The number of anilines is 1. The SMILES string of the molecule is Cl.Nc1ccc(OCC(F)(F)F)c(F)c1. The van der Waals surface area contributed by atoms with E-state index in [9.17, 15) is 17.6 Å². The van der Waals surface area contributed by atoms with E-state index < -0.39 is 24.3 Å². The maximum Gasteiger partial charge on any atom is 0.422 e. The van der Waals surface area contributed by atoms with Gasteiger partial charge in [-0.15, -0.1) is 12.4 Å². The molecule has 7 heteroatoms. The van der Waals surface area contributed by atoms with Gasteiger partial charge in [0.15, 0.2) is 18.2 Å². The zero-order valence-electron chi connectivity index (χ0n) is 7.34. The number of benzene rings is 1. The second-order valence-electron chi connectivity index (χ2n) is 2.59. The highest BCUT2D eigenvalue weighted by molar-refractivity contribution is 5.85. The average Bonchev–Trinajstić information content (AvgIpc) is 2.00. The van der Waals surface area contributed by atoms with E-state index in [-0.39, 0.29) is 18.1 Å². The fourth-order valence-corrected chi connectivity index (χ4v) is 0.794. The van der Waals surface area contributed by atoms with E-state index in [0.29, 0.717) is 0 Å². The summed E-state index contributed by atoms with van der Waals surface area (Å²) in [5, 5.41) is 0. The molecule has 1 aromatic carbocycles. The zero-order valence-corrected chi connectivity index (χ0v) is 8.16. The van der Waals surface area contributed by atoms with Gasteiger partial charge in [-0.05, 0) is 12.1 Å². The third kappa shape index (κ3) is 4.73. The molecule has 0 saturated carbocycles. The summed E-state index contributed by atoms with van der Waals surface area (Å²) in [5.41, 5.74) is 5.32. The summed E-state index contributed by atoms with van der Waals surface area (Å²) in [5.74, 6) is -1.37. The van der Waals surface area contributed by atoms with E-state index in [4.69, 9.17) is 5.73 Å². The molecule has 0 spiro atoms. The highest BCUT2D eigenvalue weighted by Crippen LogP contribution is 2.22. The molecule has 0 saturated heterocycles. The molecule has 86 valence electrons. The summed E-state index contributed by atoms with van der Waals surface area (Å²) in [7, 11) is 0. The van der Waals surface area contributed by atoms with Crippen LogP contribution >= 0.6 is 12.4 Å². The molecule has 0 aliphatic carbocycles. The summed E-state index contributed by atoms with van der Waals surface area (Å²) < 4.78 is 52.1. The normalized spacial score (nSPS) is 10.7. The van der Waals surface area contributed by atoms with Gasteiger partial charge in [-0.2, -0.15) is 13.2 Å². The van der Waals surface area contributed by atoms with Crippen molar-refractivity contribution in [3.63, 3.8) is 0 Å². The average molecular weight is 246 g/mol. The Hall–Kier alpha value is -1.17. The predicted octanol–water partition coefficient (Wildman–Crippen LogP) is 2.77. The molecule has 1 aromatic rings. The van der Waals surface area contributed by atoms with Gasteiger partial charge in [0.2, 0.25) is 0 Å². The van der Waals surface area contributed by atoms with E-state index in [1.165, 1.54) is 6.07 Å². The molecule has 0 atom stereocenters. The van der Waals surface area contributed by atoms with Crippen LogP contribution in [0.4, 0.5) is 23.2 Å². The van der Waals surface area contributed by atoms with Crippen molar-refractivity contribution in [2.45, 2.75) is 6.18 Å². The number of halogens is 5. The molecule has 0 aliphatic heterocycles. The number of ether oxygens (including phenoxy) is 1. The van der Waals surface area contributed by atoms with Crippen LogP contribution < -0.4 is 10.5 Å². The first-order chi connectivity index (χ1) is 6.38. The van der Waals surface area contributed by atoms with Crippen LogP contribution in [0.15, 0.2) is 18.2 Å². The van der Waals surface area contributed by atoms with Crippen molar-refractivity contribution in [1.29, 1.82) is 0 Å². The Labute approximate surface area is 89.4 Å². The maximum atomic E-state index is 12.9. The summed E-state index contributed by atoms with van der Waals surface area (Å²) in [6.07, 6.45) is -4.48. The van der Waals surface area contributed by atoms with Crippen LogP contribution in [0.5, 0.6) is 5.75 Å². The second kappa shape index (κ2) is 5.06. The molecule has 0 aromatic heterocycles. The second-order valence-corrected chi connectivity index (χ2v) is 2.59. The minimum Gasteiger partial charge on any atom is -0.481 e. The standard InChI is InChI=1S/C8H7F4NO.ClH/c9-6-3-5(13)1-2-7(6)14-4-8(10,11)12;/h1-3H,4,13H2;1H. The fraction of sp³-hybridized carbons (Fsp3) is 0.250. The molecule has 0 unspecified atom stereocenters. The quantitative estimate of drug-likeness (QED) is 0.642. The predicted molar refractivity (Wildman–Crippen MR) is 49.6 cm³/mol. The lowest BCUT2D eigenvalue weighted by molar-refractivity contribution is -0.153. The van der Waals surface area contributed by atoms with Crippen molar-refractivity contribution in [3.8, 4) is 5.75 Å². The summed E-state index contributed by atoms with van der Waals surface area (Å²) in [6.45, 7) is -1.52. The Morgan fingerprint density at radius 1 is 1.27 bits per heavy atom. The number of alkyl halides is 3. The third-order valence-electron chi connectivity index (χ3n) is 1.35. The van der Waals surface area contributed by atoms with Crippen LogP contribution in [0.25, 0.3) is 0 Å². The number of hydrogen-bond donors (Lipinski definition) is 1. The van der Waals surface area contributed by atoms with Crippen molar-refractivity contribution in [2.75, 3.05) is 12.3 Å². The Morgan fingerprint density at radius 2 is 1.87 bits per heavy atom. The number of hydrogen-bond acceptors (Lipinski definition) is 2. The van der Waals surface area contributed by atoms with Crippen molar-refractivity contribution < 1.29 is 22.3 Å². The summed E-state index contributed by atoms with van der Waals surface area (Å²) >= 11 is 0. The van der Waals surface area contributed by atoms with Gasteiger partial charge in [0.25, 0.3) is 0 Å². The minimum absolute atomic E-state index is 0. The van der Waals surface area contributed by atoms with Crippen LogP contribution in [0.2, 0.25) is 0 Å². The molecule has 0 fully saturated rings. The van der Waals surface area contributed by atoms with E-state index in [2.05, 4.69) is 4.74 Å². The summed E-state index contributed by atoms with van der Waals surface area (Å²) in [6, 6.07) is 3.21. The van der Waals surface area contributed by atoms with Crippen LogP contribution in [0.1, 0.15) is 0 Å². The largest absolute Gasteiger partial charge is 0.481 e. The molecule has 0 amide bonds. The van der Waals surface area contributed by atoms with E-state index in [0.717, 1.165) is 12.1 Å². The van der Waals surface area contributed by atoms with Crippen LogP contribution in [0, 0.1) is 5.82 Å². The monoisotopic (exact) mass is 245 g/mol. The van der Waals surface area contributed by atoms with Gasteiger partial charge in [-0.3, -0.25) is 0 Å². The van der Waals surface area contributed by atoms with Gasteiger partial charge in [0, 0.05) is 11.8 Å². The third-order valence-corrected chi connectivity index (χ3v) is 1.35. The number of nitrogens with two attached hydrogens (primary N) is 1. The molecular weight excluding hydrogens is 238 g/mol. The van der Waals surface area contributed by atoms with Crippen molar-refractivity contribution >= 4 is 18.1 Å². The Bertz CT molecular complexity index is 329. The fourth-order valence-electron chi connectivity index (χ4n) is 0.794. The zero-order chi connectivity index (χ0) is 10.8. The number of nitrogen functional groups attached to an aromatic ring is 1. The lowest BCUT2D eigenvalue weighted by Crippen LogP contribution is -2.19. The molecule has 15 heavy (non-hydrogen) atoms. The van der Waals surface area contributed by atoms with E-state index >= 15 is 0 Å².